The molecule has 106 valence electrons. The molecule has 3 aromatic rings. The van der Waals surface area contributed by atoms with Crippen LogP contribution in [0.1, 0.15) is 5.56 Å². The van der Waals surface area contributed by atoms with E-state index in [0.29, 0.717) is 23.6 Å². The van der Waals surface area contributed by atoms with Crippen molar-refractivity contribution >= 4 is 21.6 Å². The minimum atomic E-state index is -0.443. The summed E-state index contributed by atoms with van der Waals surface area (Å²) in [5, 5.41) is 11.5. The highest BCUT2D eigenvalue weighted by Gasteiger charge is 2.14. The first-order valence-electron chi connectivity index (χ1n) is 6.19. The molecule has 0 fully saturated rings. The van der Waals surface area contributed by atoms with Gasteiger partial charge in [-0.3, -0.25) is 0 Å². The second-order valence-corrected chi connectivity index (χ2v) is 5.44. The number of halogens is 2. The van der Waals surface area contributed by atoms with Gasteiger partial charge >= 0.3 is 0 Å². The molecule has 0 amide bonds. The van der Waals surface area contributed by atoms with Gasteiger partial charge in [0.1, 0.15) is 5.82 Å². The standard InChI is InChI=1S/C14H11BrFN5/c15-10-3-1-9(2-4-10)8-21-14(18-19-20-21)12-6-5-11(17)7-13(12)16/h1-7H,8,17H2. The zero-order valence-corrected chi connectivity index (χ0v) is 12.5. The number of nitrogen functional groups attached to an aromatic ring is 1. The molecule has 21 heavy (non-hydrogen) atoms. The van der Waals surface area contributed by atoms with E-state index in [0.717, 1.165) is 10.0 Å². The highest BCUT2D eigenvalue weighted by atomic mass is 79.9. The summed E-state index contributed by atoms with van der Waals surface area (Å²) < 4.78 is 16.5. The Balaban J connectivity index is 1.95. The maximum absolute atomic E-state index is 14.0. The second kappa shape index (κ2) is 5.61. The van der Waals surface area contributed by atoms with Crippen LogP contribution < -0.4 is 5.73 Å². The van der Waals surface area contributed by atoms with Crippen LogP contribution in [0, 0.1) is 5.82 Å². The van der Waals surface area contributed by atoms with Crippen LogP contribution in [0.4, 0.5) is 10.1 Å². The lowest BCUT2D eigenvalue weighted by Crippen LogP contribution is -2.05. The number of nitrogens with zero attached hydrogens (tertiary/aromatic N) is 4. The summed E-state index contributed by atoms with van der Waals surface area (Å²) in [4.78, 5) is 0. The van der Waals surface area contributed by atoms with E-state index >= 15 is 0 Å². The van der Waals surface area contributed by atoms with Gasteiger partial charge in [0.25, 0.3) is 0 Å². The third-order valence-electron chi connectivity index (χ3n) is 3.01. The predicted molar refractivity (Wildman–Crippen MR) is 80.9 cm³/mol. The van der Waals surface area contributed by atoms with Crippen molar-refractivity contribution in [2.75, 3.05) is 5.73 Å². The van der Waals surface area contributed by atoms with Gasteiger partial charge in [-0.05, 0) is 46.3 Å². The summed E-state index contributed by atoms with van der Waals surface area (Å²) in [6, 6.07) is 12.2. The zero-order chi connectivity index (χ0) is 14.8. The van der Waals surface area contributed by atoms with Crippen molar-refractivity contribution in [1.82, 2.24) is 20.2 Å². The Morgan fingerprint density at radius 3 is 2.62 bits per heavy atom. The van der Waals surface area contributed by atoms with Gasteiger partial charge in [0.15, 0.2) is 5.82 Å². The summed E-state index contributed by atoms with van der Waals surface area (Å²) in [5.41, 5.74) is 7.26. The molecule has 0 spiro atoms. The molecule has 0 aliphatic heterocycles. The molecule has 0 bridgehead atoms. The van der Waals surface area contributed by atoms with Crippen LogP contribution in [0.25, 0.3) is 11.4 Å². The molecule has 7 heteroatoms. The molecule has 0 radical (unpaired) electrons. The molecule has 0 aliphatic carbocycles. The molecule has 2 N–H and O–H groups in total. The highest BCUT2D eigenvalue weighted by Crippen LogP contribution is 2.22. The number of hydrogen-bond acceptors (Lipinski definition) is 4. The van der Waals surface area contributed by atoms with E-state index in [1.807, 2.05) is 24.3 Å². The third kappa shape index (κ3) is 2.92. The number of nitrogens with two attached hydrogens (primary N) is 1. The van der Waals surface area contributed by atoms with Crippen LogP contribution in [0.15, 0.2) is 46.9 Å². The minimum Gasteiger partial charge on any atom is -0.399 e. The van der Waals surface area contributed by atoms with E-state index in [9.17, 15) is 4.39 Å². The topological polar surface area (TPSA) is 69.6 Å². The van der Waals surface area contributed by atoms with Crippen LogP contribution in [-0.2, 0) is 6.54 Å². The number of hydrogen-bond donors (Lipinski definition) is 1. The fourth-order valence-electron chi connectivity index (χ4n) is 1.98. The van der Waals surface area contributed by atoms with Crippen LogP contribution in [0.2, 0.25) is 0 Å². The lowest BCUT2D eigenvalue weighted by Gasteiger charge is -2.06. The van der Waals surface area contributed by atoms with Crippen molar-refractivity contribution in [2.45, 2.75) is 6.54 Å². The van der Waals surface area contributed by atoms with Crippen LogP contribution in [-0.4, -0.2) is 20.2 Å². The maximum atomic E-state index is 14.0. The van der Waals surface area contributed by atoms with E-state index in [2.05, 4.69) is 31.5 Å². The van der Waals surface area contributed by atoms with Gasteiger partial charge < -0.3 is 5.73 Å². The van der Waals surface area contributed by atoms with Gasteiger partial charge in [-0.1, -0.05) is 28.1 Å². The van der Waals surface area contributed by atoms with Gasteiger partial charge in [0.05, 0.1) is 12.1 Å². The normalized spacial score (nSPS) is 10.8. The first kappa shape index (κ1) is 13.7. The van der Waals surface area contributed by atoms with Crippen LogP contribution in [0.3, 0.4) is 0 Å². The Morgan fingerprint density at radius 1 is 1.14 bits per heavy atom. The summed E-state index contributed by atoms with van der Waals surface area (Å²) >= 11 is 3.38. The molecule has 0 atom stereocenters. The molecule has 0 saturated carbocycles. The third-order valence-corrected chi connectivity index (χ3v) is 3.54. The molecule has 1 heterocycles. The van der Waals surface area contributed by atoms with Crippen molar-refractivity contribution in [3.8, 4) is 11.4 Å². The lowest BCUT2D eigenvalue weighted by atomic mass is 10.1. The van der Waals surface area contributed by atoms with Gasteiger partial charge in [0.2, 0.25) is 0 Å². The maximum Gasteiger partial charge on any atom is 0.185 e. The summed E-state index contributed by atoms with van der Waals surface area (Å²) in [6.45, 7) is 0.458. The second-order valence-electron chi connectivity index (χ2n) is 4.53. The first-order valence-corrected chi connectivity index (χ1v) is 6.99. The fraction of sp³-hybridized carbons (Fsp3) is 0.0714. The molecule has 5 nitrogen and oxygen atoms in total. The molecule has 0 aliphatic rings. The lowest BCUT2D eigenvalue weighted by molar-refractivity contribution is 0.621. The van der Waals surface area contributed by atoms with Crippen molar-refractivity contribution in [2.24, 2.45) is 0 Å². The van der Waals surface area contributed by atoms with Gasteiger partial charge in [-0.25, -0.2) is 9.07 Å². The smallest absolute Gasteiger partial charge is 0.185 e. The summed E-state index contributed by atoms with van der Waals surface area (Å²) in [6.07, 6.45) is 0. The average molecular weight is 348 g/mol. The summed E-state index contributed by atoms with van der Waals surface area (Å²) in [7, 11) is 0. The first-order chi connectivity index (χ1) is 10.1. The molecular formula is C14H11BrFN5. The quantitative estimate of drug-likeness (QED) is 0.739. The van der Waals surface area contributed by atoms with Crippen molar-refractivity contribution in [3.05, 3.63) is 58.3 Å². The molecule has 2 aromatic carbocycles. The van der Waals surface area contributed by atoms with E-state index in [4.69, 9.17) is 5.73 Å². The van der Waals surface area contributed by atoms with E-state index in [1.165, 1.54) is 6.07 Å². The largest absolute Gasteiger partial charge is 0.399 e. The number of benzene rings is 2. The molecule has 0 saturated heterocycles. The Morgan fingerprint density at radius 2 is 1.90 bits per heavy atom. The average Bonchev–Trinajstić information content (AvgIpc) is 2.89. The van der Waals surface area contributed by atoms with Gasteiger partial charge in [-0.2, -0.15) is 0 Å². The molecule has 0 unspecified atom stereocenters. The fourth-order valence-corrected chi connectivity index (χ4v) is 2.24. The summed E-state index contributed by atoms with van der Waals surface area (Å²) in [5.74, 6) is -0.0720. The highest BCUT2D eigenvalue weighted by molar-refractivity contribution is 9.10. The van der Waals surface area contributed by atoms with Gasteiger partial charge in [-0.15, -0.1) is 5.10 Å². The van der Waals surface area contributed by atoms with Crippen molar-refractivity contribution in [3.63, 3.8) is 0 Å². The van der Waals surface area contributed by atoms with E-state index < -0.39 is 5.82 Å². The number of tetrazole rings is 1. The van der Waals surface area contributed by atoms with Crippen LogP contribution in [0.5, 0.6) is 0 Å². The Bertz CT molecular complexity index is 769. The minimum absolute atomic E-state index is 0.325. The van der Waals surface area contributed by atoms with E-state index in [1.54, 1.807) is 16.8 Å². The SMILES string of the molecule is Nc1ccc(-c2nnnn2Cc2ccc(Br)cc2)c(F)c1. The van der Waals surface area contributed by atoms with E-state index in [-0.39, 0.29) is 0 Å². The van der Waals surface area contributed by atoms with Crippen LogP contribution >= 0.6 is 15.9 Å². The van der Waals surface area contributed by atoms with Crippen molar-refractivity contribution < 1.29 is 4.39 Å². The zero-order valence-electron chi connectivity index (χ0n) is 10.9. The Hall–Kier alpha value is -2.28. The number of aromatic nitrogens is 4. The van der Waals surface area contributed by atoms with Crippen molar-refractivity contribution in [1.29, 1.82) is 0 Å². The molecule has 3 rings (SSSR count). The predicted octanol–water partition coefficient (Wildman–Crippen LogP) is 2.87. The number of rotatable bonds is 3. The molecule has 1 aromatic heterocycles. The van der Waals surface area contributed by atoms with Gasteiger partial charge in [0, 0.05) is 10.2 Å². The Kier molecular flexibility index (Phi) is 3.66. The monoisotopic (exact) mass is 347 g/mol. The number of anilines is 1. The Labute approximate surface area is 128 Å². The molecular weight excluding hydrogens is 337 g/mol.